The highest BCUT2D eigenvalue weighted by Crippen LogP contribution is 2.26. The van der Waals surface area contributed by atoms with Gasteiger partial charge in [0.2, 0.25) is 11.8 Å². The fraction of sp³-hybridized carbons (Fsp3) is 0.529. The Morgan fingerprint density at radius 1 is 1.29 bits per heavy atom. The highest BCUT2D eigenvalue weighted by Gasteiger charge is 2.35. The summed E-state index contributed by atoms with van der Waals surface area (Å²) in [5.74, 6) is -1.93. The number of amides is 2. The van der Waals surface area contributed by atoms with Gasteiger partial charge < -0.3 is 10.2 Å². The Balaban J connectivity index is 2.10. The topological polar surface area (TPSA) is 49.4 Å². The van der Waals surface area contributed by atoms with Gasteiger partial charge in [0.15, 0.2) is 0 Å². The van der Waals surface area contributed by atoms with Crippen LogP contribution in [-0.2, 0) is 9.59 Å². The third-order valence-corrected chi connectivity index (χ3v) is 4.84. The van der Waals surface area contributed by atoms with Gasteiger partial charge in [-0.2, -0.15) is 0 Å². The Kier molecular flexibility index (Phi) is 5.83. The first-order valence-electron chi connectivity index (χ1n) is 7.83. The lowest BCUT2D eigenvalue weighted by molar-refractivity contribution is -0.138. The summed E-state index contributed by atoms with van der Waals surface area (Å²) in [5.41, 5.74) is -0.103. The molecule has 0 aromatic heterocycles. The fourth-order valence-electron chi connectivity index (χ4n) is 2.75. The third-order valence-electron chi connectivity index (χ3n) is 3.81. The standard InChI is InChI=1S/C17H21F2IN2O2/c1-17(2,3)9-14(23)22-6-4-5-13(22)16(24)21-10-7-11(18)15(20)12(19)8-10/h7-8,13H,4-6,9H2,1-3H3,(H,21,24). The predicted molar refractivity (Wildman–Crippen MR) is 96.5 cm³/mol. The molecule has 2 amide bonds. The Morgan fingerprint density at radius 3 is 2.42 bits per heavy atom. The second-order valence-corrected chi connectivity index (χ2v) is 8.30. The van der Waals surface area contributed by atoms with Gasteiger partial charge in [-0.05, 0) is 53.0 Å². The number of rotatable bonds is 3. The van der Waals surface area contributed by atoms with E-state index in [2.05, 4.69) is 5.32 Å². The minimum Gasteiger partial charge on any atom is -0.331 e. The molecule has 24 heavy (non-hydrogen) atoms. The summed E-state index contributed by atoms with van der Waals surface area (Å²) in [4.78, 5) is 26.4. The van der Waals surface area contributed by atoms with Crippen LogP contribution < -0.4 is 5.32 Å². The van der Waals surface area contributed by atoms with E-state index in [9.17, 15) is 18.4 Å². The maximum Gasteiger partial charge on any atom is 0.247 e. The molecule has 1 saturated heterocycles. The average Bonchev–Trinajstić information content (AvgIpc) is 2.92. The molecule has 0 bridgehead atoms. The van der Waals surface area contributed by atoms with Crippen molar-refractivity contribution in [1.29, 1.82) is 0 Å². The van der Waals surface area contributed by atoms with E-state index < -0.39 is 23.6 Å². The summed E-state index contributed by atoms with van der Waals surface area (Å²) in [6.07, 6.45) is 1.64. The molecule has 4 nitrogen and oxygen atoms in total. The van der Waals surface area contributed by atoms with Crippen molar-refractivity contribution in [2.75, 3.05) is 11.9 Å². The van der Waals surface area contributed by atoms with Gasteiger partial charge in [-0.25, -0.2) is 8.78 Å². The largest absolute Gasteiger partial charge is 0.331 e. The highest BCUT2D eigenvalue weighted by atomic mass is 127. The van der Waals surface area contributed by atoms with E-state index >= 15 is 0 Å². The minimum atomic E-state index is -0.724. The summed E-state index contributed by atoms with van der Waals surface area (Å²) < 4.78 is 27.1. The van der Waals surface area contributed by atoms with Gasteiger partial charge >= 0.3 is 0 Å². The zero-order valence-corrected chi connectivity index (χ0v) is 16.1. The molecule has 0 saturated carbocycles. The van der Waals surface area contributed by atoms with E-state index in [4.69, 9.17) is 0 Å². The monoisotopic (exact) mass is 450 g/mol. The lowest BCUT2D eigenvalue weighted by Gasteiger charge is -2.27. The number of nitrogens with one attached hydrogen (secondary N) is 1. The van der Waals surface area contributed by atoms with Gasteiger partial charge in [-0.15, -0.1) is 0 Å². The summed E-state index contributed by atoms with van der Waals surface area (Å²) >= 11 is 1.57. The second-order valence-electron chi connectivity index (χ2n) is 7.23. The van der Waals surface area contributed by atoms with Crippen LogP contribution in [0.3, 0.4) is 0 Å². The van der Waals surface area contributed by atoms with E-state index in [-0.39, 0.29) is 20.6 Å². The number of likely N-dealkylation sites (tertiary alicyclic amines) is 1. The normalized spacial score (nSPS) is 17.9. The van der Waals surface area contributed by atoms with Crippen molar-refractivity contribution in [3.8, 4) is 0 Å². The van der Waals surface area contributed by atoms with E-state index in [1.54, 1.807) is 27.5 Å². The van der Waals surface area contributed by atoms with Crippen LogP contribution in [0.1, 0.15) is 40.0 Å². The van der Waals surface area contributed by atoms with Crippen LogP contribution in [0.5, 0.6) is 0 Å². The van der Waals surface area contributed by atoms with Crippen LogP contribution in [0.4, 0.5) is 14.5 Å². The maximum atomic E-state index is 13.6. The first-order chi connectivity index (χ1) is 11.1. The van der Waals surface area contributed by atoms with E-state index in [1.165, 1.54) is 0 Å². The maximum absolute atomic E-state index is 13.6. The minimum absolute atomic E-state index is 0.0607. The first kappa shape index (κ1) is 19.1. The molecule has 1 aliphatic heterocycles. The summed E-state index contributed by atoms with van der Waals surface area (Å²) in [6.45, 7) is 6.43. The van der Waals surface area contributed by atoms with Gasteiger partial charge in [0.05, 0.1) is 3.57 Å². The average molecular weight is 450 g/mol. The van der Waals surface area contributed by atoms with Crippen LogP contribution in [0, 0.1) is 20.6 Å². The Hall–Kier alpha value is -1.25. The Morgan fingerprint density at radius 2 is 1.88 bits per heavy atom. The molecule has 132 valence electrons. The zero-order valence-electron chi connectivity index (χ0n) is 14.0. The quantitative estimate of drug-likeness (QED) is 0.561. The molecule has 1 aromatic carbocycles. The molecule has 1 unspecified atom stereocenters. The van der Waals surface area contributed by atoms with Gasteiger partial charge in [0.25, 0.3) is 0 Å². The van der Waals surface area contributed by atoms with Crippen molar-refractivity contribution in [3.05, 3.63) is 27.3 Å². The molecule has 7 heteroatoms. The zero-order chi connectivity index (χ0) is 18.1. The molecular weight excluding hydrogens is 429 g/mol. The van der Waals surface area contributed by atoms with Crippen molar-refractivity contribution in [1.82, 2.24) is 4.90 Å². The van der Waals surface area contributed by atoms with Crippen molar-refractivity contribution in [2.24, 2.45) is 5.41 Å². The fourth-order valence-corrected chi connectivity index (χ4v) is 3.06. The number of hydrogen-bond donors (Lipinski definition) is 1. The number of anilines is 1. The van der Waals surface area contributed by atoms with Gasteiger partial charge in [-0.3, -0.25) is 9.59 Å². The van der Waals surface area contributed by atoms with E-state index in [1.807, 2.05) is 20.8 Å². The number of carbonyl (C=O) groups is 2. The second kappa shape index (κ2) is 7.33. The predicted octanol–water partition coefficient (Wildman–Crippen LogP) is 3.94. The van der Waals surface area contributed by atoms with Gasteiger partial charge in [0, 0.05) is 18.7 Å². The van der Waals surface area contributed by atoms with Gasteiger partial charge in [-0.1, -0.05) is 20.8 Å². The van der Waals surface area contributed by atoms with Crippen molar-refractivity contribution >= 4 is 40.1 Å². The van der Waals surface area contributed by atoms with Crippen LogP contribution >= 0.6 is 22.6 Å². The molecule has 2 rings (SSSR count). The molecule has 1 aromatic rings. The number of benzene rings is 1. The molecule has 1 fully saturated rings. The van der Waals surface area contributed by atoms with Crippen molar-refractivity contribution in [2.45, 2.75) is 46.1 Å². The summed E-state index contributed by atoms with van der Waals surface area (Å²) in [6, 6.07) is 1.57. The van der Waals surface area contributed by atoms with Crippen LogP contribution in [0.15, 0.2) is 12.1 Å². The number of halogens is 3. The van der Waals surface area contributed by atoms with Crippen LogP contribution in [-0.4, -0.2) is 29.3 Å². The smallest absolute Gasteiger partial charge is 0.247 e. The Labute approximate surface area is 154 Å². The van der Waals surface area contributed by atoms with Crippen molar-refractivity contribution in [3.63, 3.8) is 0 Å². The van der Waals surface area contributed by atoms with Crippen LogP contribution in [0.25, 0.3) is 0 Å². The number of nitrogens with zero attached hydrogens (tertiary/aromatic N) is 1. The van der Waals surface area contributed by atoms with E-state index in [0.29, 0.717) is 19.4 Å². The lowest BCUT2D eigenvalue weighted by atomic mass is 9.91. The van der Waals surface area contributed by atoms with Gasteiger partial charge in [0.1, 0.15) is 17.7 Å². The van der Waals surface area contributed by atoms with Crippen molar-refractivity contribution < 1.29 is 18.4 Å². The van der Waals surface area contributed by atoms with Crippen LogP contribution in [0.2, 0.25) is 0 Å². The Bertz CT molecular complexity index is 635. The molecule has 0 spiro atoms. The summed E-state index contributed by atoms with van der Waals surface area (Å²) in [5, 5.41) is 2.52. The number of carbonyl (C=O) groups excluding carboxylic acids is 2. The number of hydrogen-bond acceptors (Lipinski definition) is 2. The van der Waals surface area contributed by atoms with E-state index in [0.717, 1.165) is 18.6 Å². The molecule has 1 aliphatic rings. The SMILES string of the molecule is CC(C)(C)CC(=O)N1CCCC1C(=O)Nc1cc(F)c(I)c(F)c1. The molecule has 1 N–H and O–H groups in total. The first-order valence-corrected chi connectivity index (χ1v) is 8.91. The summed E-state index contributed by atoms with van der Waals surface area (Å²) in [7, 11) is 0. The highest BCUT2D eigenvalue weighted by molar-refractivity contribution is 14.1. The molecular formula is C17H21F2IN2O2. The third kappa shape index (κ3) is 4.64. The molecule has 1 heterocycles. The molecule has 0 aliphatic carbocycles. The molecule has 0 radical (unpaired) electrons. The molecule has 1 atom stereocenters. The lowest BCUT2D eigenvalue weighted by Crippen LogP contribution is -2.44.